The Morgan fingerprint density at radius 1 is 0.296 bits per heavy atom. The molecule has 0 amide bonds. The molecule has 0 aliphatic carbocycles. The Labute approximate surface area is 312 Å². The van der Waals surface area contributed by atoms with Crippen molar-refractivity contribution in [1.29, 1.82) is 0 Å². The van der Waals surface area contributed by atoms with Crippen LogP contribution in [-0.4, -0.2) is 24.9 Å². The molecule has 0 unspecified atom stereocenters. The van der Waals surface area contributed by atoms with E-state index in [2.05, 4.69) is 120 Å². The normalized spacial score (nSPS) is 11.3. The van der Waals surface area contributed by atoms with Gasteiger partial charge in [0.05, 0.1) is 16.7 Å². The Balaban J connectivity index is 1.04. The lowest BCUT2D eigenvalue weighted by Gasteiger charge is -2.15. The van der Waals surface area contributed by atoms with Crippen LogP contribution in [0.3, 0.4) is 0 Å². The summed E-state index contributed by atoms with van der Waals surface area (Å²) in [6.07, 6.45) is 1.83. The minimum atomic E-state index is 0.633. The van der Waals surface area contributed by atoms with Crippen LogP contribution < -0.4 is 0 Å². The number of rotatable bonds is 6. The third-order valence-corrected chi connectivity index (χ3v) is 9.98. The lowest BCUT2D eigenvalue weighted by molar-refractivity contribution is 1.07. The Bertz CT molecular complexity index is 2900. The SMILES string of the molecule is c1ccc(-c2nc(-c3ccccc3)nc(-c3ccc(-c4c(-c5ccc(-c6ccc7ccc8cccnc8c7n6)cc5)ccc5ccccc45)cc3)n2)cc1. The summed E-state index contributed by atoms with van der Waals surface area (Å²) < 4.78 is 0. The molecule has 5 heteroatoms. The highest BCUT2D eigenvalue weighted by molar-refractivity contribution is 6.05. The van der Waals surface area contributed by atoms with Crippen molar-refractivity contribution in [2.24, 2.45) is 0 Å². The number of aromatic nitrogens is 5. The van der Waals surface area contributed by atoms with Crippen molar-refractivity contribution >= 4 is 32.6 Å². The van der Waals surface area contributed by atoms with Crippen molar-refractivity contribution in [3.8, 4) is 67.7 Å². The third-order valence-electron chi connectivity index (χ3n) is 9.98. The summed E-state index contributed by atoms with van der Waals surface area (Å²) in [5.41, 5.74) is 11.2. The van der Waals surface area contributed by atoms with E-state index in [1.807, 2.05) is 72.9 Å². The zero-order valence-corrected chi connectivity index (χ0v) is 29.1. The van der Waals surface area contributed by atoms with Crippen molar-refractivity contribution in [3.05, 3.63) is 188 Å². The van der Waals surface area contributed by atoms with Crippen LogP contribution in [0.5, 0.6) is 0 Å². The van der Waals surface area contributed by atoms with Gasteiger partial charge in [0.25, 0.3) is 0 Å². The van der Waals surface area contributed by atoms with Crippen molar-refractivity contribution in [3.63, 3.8) is 0 Å². The molecule has 252 valence electrons. The van der Waals surface area contributed by atoms with E-state index in [1.54, 1.807) is 0 Å². The molecule has 0 aliphatic heterocycles. The smallest absolute Gasteiger partial charge is 0.164 e. The molecule has 0 atom stereocenters. The quantitative estimate of drug-likeness (QED) is 0.163. The zero-order valence-electron chi connectivity index (χ0n) is 29.1. The Hall–Kier alpha value is -7.37. The molecule has 3 aromatic heterocycles. The molecule has 0 radical (unpaired) electrons. The first kappa shape index (κ1) is 31.4. The van der Waals surface area contributed by atoms with Crippen LogP contribution in [0.4, 0.5) is 0 Å². The summed E-state index contributed by atoms with van der Waals surface area (Å²) in [4.78, 5) is 24.5. The molecule has 54 heavy (non-hydrogen) atoms. The van der Waals surface area contributed by atoms with Crippen LogP contribution >= 0.6 is 0 Å². The highest BCUT2D eigenvalue weighted by Gasteiger charge is 2.16. The van der Waals surface area contributed by atoms with Crippen LogP contribution in [0, 0.1) is 0 Å². The van der Waals surface area contributed by atoms with Gasteiger partial charge in [0.2, 0.25) is 0 Å². The highest BCUT2D eigenvalue weighted by Crippen LogP contribution is 2.39. The van der Waals surface area contributed by atoms with Gasteiger partial charge in [-0.3, -0.25) is 4.98 Å². The van der Waals surface area contributed by atoms with E-state index in [0.717, 1.165) is 66.4 Å². The van der Waals surface area contributed by atoms with Gasteiger partial charge in [-0.15, -0.1) is 0 Å². The summed E-state index contributed by atoms with van der Waals surface area (Å²) in [6, 6.07) is 63.0. The monoisotopic (exact) mass is 689 g/mol. The number of hydrogen-bond donors (Lipinski definition) is 0. The topological polar surface area (TPSA) is 64.5 Å². The second-order valence-corrected chi connectivity index (χ2v) is 13.3. The molecule has 0 fully saturated rings. The Kier molecular flexibility index (Phi) is 7.73. The second kappa shape index (κ2) is 13.3. The molecule has 0 N–H and O–H groups in total. The summed E-state index contributed by atoms with van der Waals surface area (Å²) in [5.74, 6) is 1.92. The summed E-state index contributed by atoms with van der Waals surface area (Å²) >= 11 is 0. The molecule has 0 saturated carbocycles. The van der Waals surface area contributed by atoms with Crippen molar-refractivity contribution in [2.75, 3.05) is 0 Å². The highest BCUT2D eigenvalue weighted by atomic mass is 15.0. The van der Waals surface area contributed by atoms with E-state index >= 15 is 0 Å². The van der Waals surface area contributed by atoms with Crippen LogP contribution in [0.25, 0.3) is 100 Å². The summed E-state index contributed by atoms with van der Waals surface area (Å²) in [7, 11) is 0. The van der Waals surface area contributed by atoms with Gasteiger partial charge in [-0.1, -0.05) is 170 Å². The average Bonchev–Trinajstić information content (AvgIpc) is 3.26. The number of nitrogens with zero attached hydrogens (tertiary/aromatic N) is 5. The van der Waals surface area contributed by atoms with Gasteiger partial charge in [0.1, 0.15) is 0 Å². The van der Waals surface area contributed by atoms with Crippen LogP contribution in [0.15, 0.2) is 188 Å². The molecule has 5 nitrogen and oxygen atoms in total. The maximum Gasteiger partial charge on any atom is 0.164 e. The lowest BCUT2D eigenvalue weighted by Crippen LogP contribution is -2.00. The van der Waals surface area contributed by atoms with Gasteiger partial charge in [-0.25, -0.2) is 19.9 Å². The number of pyridine rings is 2. The zero-order chi connectivity index (χ0) is 35.8. The van der Waals surface area contributed by atoms with Gasteiger partial charge in [0.15, 0.2) is 17.5 Å². The van der Waals surface area contributed by atoms with Crippen molar-refractivity contribution < 1.29 is 0 Å². The van der Waals surface area contributed by atoms with Crippen LogP contribution in [0.1, 0.15) is 0 Å². The van der Waals surface area contributed by atoms with E-state index in [1.165, 1.54) is 16.3 Å². The molecular formula is C49H31N5. The standard InChI is InChI=1S/C49H31N5/c1-3-11-38(12-4-1)47-52-48(39-13-5-2-6-14-39)54-49(53-47)40-25-21-35(22-26-40)44-41-16-8-7-10-32(41)27-29-42(44)33-17-19-34(20-18-33)43-30-28-37-24-23-36-15-9-31-50-45(36)46(37)51-43/h1-31H. The Morgan fingerprint density at radius 3 is 1.48 bits per heavy atom. The fraction of sp³-hybridized carbons (Fsp3) is 0. The van der Waals surface area contributed by atoms with Gasteiger partial charge in [-0.05, 0) is 45.2 Å². The lowest BCUT2D eigenvalue weighted by atomic mass is 9.89. The van der Waals surface area contributed by atoms with Crippen molar-refractivity contribution in [1.82, 2.24) is 24.9 Å². The van der Waals surface area contributed by atoms with Gasteiger partial charge < -0.3 is 0 Å². The number of fused-ring (bicyclic) bond motifs is 4. The maximum atomic E-state index is 5.08. The minimum Gasteiger partial charge on any atom is -0.254 e. The van der Waals surface area contributed by atoms with Crippen LogP contribution in [-0.2, 0) is 0 Å². The fourth-order valence-corrected chi connectivity index (χ4v) is 7.25. The van der Waals surface area contributed by atoms with Crippen molar-refractivity contribution in [2.45, 2.75) is 0 Å². The number of benzene rings is 7. The van der Waals surface area contributed by atoms with Gasteiger partial charge in [-0.2, -0.15) is 0 Å². The first-order valence-corrected chi connectivity index (χ1v) is 18.0. The average molecular weight is 690 g/mol. The second-order valence-electron chi connectivity index (χ2n) is 13.3. The molecule has 10 rings (SSSR count). The molecule has 10 aromatic rings. The molecule has 0 spiro atoms. The van der Waals surface area contributed by atoms with E-state index in [0.29, 0.717) is 17.5 Å². The molecule has 7 aromatic carbocycles. The van der Waals surface area contributed by atoms with E-state index in [-0.39, 0.29) is 0 Å². The Morgan fingerprint density at radius 2 is 0.796 bits per heavy atom. The first-order valence-electron chi connectivity index (χ1n) is 18.0. The predicted molar refractivity (Wildman–Crippen MR) is 221 cm³/mol. The third kappa shape index (κ3) is 5.74. The molecule has 0 bridgehead atoms. The number of hydrogen-bond acceptors (Lipinski definition) is 5. The van der Waals surface area contributed by atoms with E-state index < -0.39 is 0 Å². The van der Waals surface area contributed by atoms with E-state index in [9.17, 15) is 0 Å². The summed E-state index contributed by atoms with van der Waals surface area (Å²) in [6.45, 7) is 0. The molecule has 3 heterocycles. The van der Waals surface area contributed by atoms with Crippen LogP contribution in [0.2, 0.25) is 0 Å². The predicted octanol–water partition coefficient (Wildman–Crippen LogP) is 12.1. The fourth-order valence-electron chi connectivity index (χ4n) is 7.25. The minimum absolute atomic E-state index is 0.633. The largest absolute Gasteiger partial charge is 0.254 e. The van der Waals surface area contributed by atoms with Gasteiger partial charge in [0, 0.05) is 39.2 Å². The maximum absolute atomic E-state index is 5.08. The molecule has 0 aliphatic rings. The molecule has 0 saturated heterocycles. The molecular weight excluding hydrogens is 659 g/mol. The first-order chi connectivity index (χ1) is 26.7. The summed E-state index contributed by atoms with van der Waals surface area (Å²) in [5, 5.41) is 4.55. The van der Waals surface area contributed by atoms with Gasteiger partial charge >= 0.3 is 0 Å². The van der Waals surface area contributed by atoms with E-state index in [4.69, 9.17) is 19.9 Å².